The number of rotatable bonds is 9. The lowest BCUT2D eigenvalue weighted by molar-refractivity contribution is -0.384. The van der Waals surface area contributed by atoms with Gasteiger partial charge in [0, 0.05) is 61.7 Å². The zero-order valence-electron chi connectivity index (χ0n) is 41.0. The van der Waals surface area contributed by atoms with Crippen molar-refractivity contribution in [3.05, 3.63) is 99.7 Å². The highest BCUT2D eigenvalue weighted by atomic mass is 32.2. The number of morpholine rings is 1. The summed E-state index contributed by atoms with van der Waals surface area (Å²) < 4.78 is 71.6. The number of carbonyl (C=O) groups excluding carboxylic acids is 1. The van der Waals surface area contributed by atoms with Gasteiger partial charge in [-0.3, -0.25) is 19.8 Å². The molecule has 5 aromatic rings. The van der Waals surface area contributed by atoms with Crippen molar-refractivity contribution in [1.29, 1.82) is 0 Å². The van der Waals surface area contributed by atoms with Gasteiger partial charge in [0.25, 0.3) is 21.6 Å². The molecule has 2 aliphatic carbocycles. The Morgan fingerprint density at radius 2 is 1.73 bits per heavy atom. The van der Waals surface area contributed by atoms with Crippen molar-refractivity contribution in [2.45, 2.75) is 118 Å². The third-order valence-electron chi connectivity index (χ3n) is 17.1. The molecule has 20 heteroatoms. The molecule has 18 nitrogen and oxygen atoms in total. The first kappa shape index (κ1) is 47.9. The average molecular weight is 1020 g/mol. The number of sulfonamides is 1. The number of hydrogen-bond donors (Lipinski definition) is 4. The molecule has 386 valence electrons. The number of nitro benzene ring substituents is 1. The second-order valence-corrected chi connectivity index (χ2v) is 23.4. The zero-order chi connectivity index (χ0) is 50.4. The van der Waals surface area contributed by atoms with Gasteiger partial charge < -0.3 is 44.2 Å². The van der Waals surface area contributed by atoms with Crippen molar-refractivity contribution in [3.8, 4) is 11.6 Å². The summed E-state index contributed by atoms with van der Waals surface area (Å²) in [5.41, 5.74) is 1.77. The van der Waals surface area contributed by atoms with Crippen molar-refractivity contribution >= 4 is 55.4 Å². The van der Waals surface area contributed by atoms with Crippen LogP contribution in [0, 0.1) is 22.5 Å². The third kappa shape index (κ3) is 8.71. The summed E-state index contributed by atoms with van der Waals surface area (Å²) in [4.78, 5) is 41.1. The van der Waals surface area contributed by atoms with Crippen molar-refractivity contribution in [2.24, 2.45) is 5.41 Å². The van der Waals surface area contributed by atoms with Crippen LogP contribution in [-0.4, -0.2) is 127 Å². The molecule has 1 spiro atoms. The van der Waals surface area contributed by atoms with E-state index in [-0.39, 0.29) is 73.4 Å². The highest BCUT2D eigenvalue weighted by Crippen LogP contribution is 2.54. The van der Waals surface area contributed by atoms with Crippen LogP contribution >= 0.6 is 0 Å². The molecule has 73 heavy (non-hydrogen) atoms. The molecule has 0 bridgehead atoms. The number of nitrogens with zero attached hydrogens (tertiary/aromatic N) is 5. The minimum absolute atomic E-state index is 0.00860. The smallest absolute Gasteiger partial charge is 0.297 e. The molecule has 3 aromatic carbocycles. The van der Waals surface area contributed by atoms with Crippen LogP contribution in [0.5, 0.6) is 11.6 Å². The van der Waals surface area contributed by atoms with Gasteiger partial charge in [-0.05, 0) is 119 Å². The number of nitrogens with one attached hydrogen (secondary N) is 3. The third-order valence-corrected chi connectivity index (χ3v) is 18.4. The number of aryl methyl sites for hydroxylation is 1. The Hall–Kier alpha value is -6.06. The predicted molar refractivity (Wildman–Crippen MR) is 270 cm³/mol. The number of pyridine rings is 1. The Kier molecular flexibility index (Phi) is 11.9. The largest absolute Gasteiger partial charge is 0.489 e. The fourth-order valence-corrected chi connectivity index (χ4v) is 13.8. The first-order valence-corrected chi connectivity index (χ1v) is 27.0. The van der Waals surface area contributed by atoms with E-state index in [4.69, 9.17) is 23.9 Å². The first-order valence-electron chi connectivity index (χ1n) is 25.6. The monoisotopic (exact) mass is 1020 g/mol. The van der Waals surface area contributed by atoms with Crippen molar-refractivity contribution in [1.82, 2.24) is 19.6 Å². The highest BCUT2D eigenvalue weighted by Gasteiger charge is 2.51. The number of alkyl halides is 1. The van der Waals surface area contributed by atoms with E-state index in [0.717, 1.165) is 75.1 Å². The maximum Gasteiger partial charge on any atom is 0.297 e. The van der Waals surface area contributed by atoms with Crippen LogP contribution in [0.3, 0.4) is 0 Å². The Morgan fingerprint density at radius 3 is 2.51 bits per heavy atom. The van der Waals surface area contributed by atoms with Crippen molar-refractivity contribution in [2.75, 3.05) is 67.8 Å². The number of anilines is 4. The molecule has 3 saturated heterocycles. The SMILES string of the molecule is Cc1ccccc1[C@@H]1COCCN1C1CC2(CCN(c3ccc(C(=O)NS(=O)(=O)c4cc5c(c([N+](=O)[O-])c4)N[C@@H](C4(F)CCC(C)(O)CC4)CO5)c(N4c5cc6cc[nH]c6nc5O[C@H]5COCC[C@@H]54)c3)CC2)C1. The summed E-state index contributed by atoms with van der Waals surface area (Å²) in [7, 11) is -4.80. The molecule has 0 radical (unpaired) electrons. The number of ether oxygens (including phenoxy) is 4. The van der Waals surface area contributed by atoms with Crippen LogP contribution in [0.2, 0.25) is 0 Å². The molecule has 12 rings (SSSR count). The molecule has 5 aliphatic heterocycles. The number of amides is 1. The lowest BCUT2D eigenvalue weighted by Crippen LogP contribution is -2.58. The van der Waals surface area contributed by atoms with Crippen LogP contribution < -0.4 is 29.3 Å². The molecule has 7 aliphatic rings. The number of carbonyl (C=O) groups is 1. The number of nitro groups is 1. The number of benzene rings is 3. The number of hydrogen-bond acceptors (Lipinski definition) is 15. The van der Waals surface area contributed by atoms with Crippen LogP contribution in [0.15, 0.2) is 77.8 Å². The number of halogens is 1. The number of fused-ring (bicyclic) bond motifs is 4. The molecule has 0 unspecified atom stereocenters. The maximum atomic E-state index is 16.3. The van der Waals surface area contributed by atoms with E-state index >= 15 is 4.39 Å². The fourth-order valence-electron chi connectivity index (χ4n) is 12.8. The second kappa shape index (κ2) is 18.1. The van der Waals surface area contributed by atoms with E-state index in [1.54, 1.807) is 19.2 Å². The summed E-state index contributed by atoms with van der Waals surface area (Å²) in [6, 6.07) is 19.3. The molecular weight excluding hydrogens is 960 g/mol. The number of piperidine rings is 1. The summed E-state index contributed by atoms with van der Waals surface area (Å²) in [6.07, 6.45) is 6.53. The summed E-state index contributed by atoms with van der Waals surface area (Å²) in [5, 5.41) is 26.8. The van der Waals surface area contributed by atoms with Crippen LogP contribution in [0.1, 0.15) is 92.2 Å². The van der Waals surface area contributed by atoms with E-state index in [2.05, 4.69) is 56.0 Å². The summed E-state index contributed by atoms with van der Waals surface area (Å²) >= 11 is 0. The topological polar surface area (TPSA) is 214 Å². The van der Waals surface area contributed by atoms with Gasteiger partial charge in [-0.1, -0.05) is 24.3 Å². The second-order valence-electron chi connectivity index (χ2n) is 21.7. The minimum Gasteiger partial charge on any atom is -0.489 e. The fraction of sp³-hybridized carbons (Fsp3) is 0.509. The number of aliphatic hydroxyl groups is 1. The number of aromatic nitrogens is 2. The van der Waals surface area contributed by atoms with Crippen LogP contribution in [-0.2, 0) is 19.5 Å². The highest BCUT2D eigenvalue weighted by molar-refractivity contribution is 7.90. The van der Waals surface area contributed by atoms with E-state index < -0.39 is 54.9 Å². The Balaban J connectivity index is 0.838. The predicted octanol–water partition coefficient (Wildman–Crippen LogP) is 7.61. The van der Waals surface area contributed by atoms with Crippen molar-refractivity contribution in [3.63, 3.8) is 0 Å². The van der Waals surface area contributed by atoms with Crippen LogP contribution in [0.25, 0.3) is 11.0 Å². The van der Waals surface area contributed by atoms with Gasteiger partial charge in [0.05, 0.1) is 64.6 Å². The standard InChI is InChI=1S/C53H61FN8O10S/c1-32-5-3-4-6-37(32)43-29-70-22-20-60(43)35-27-52(28-35)15-18-59(19-16-52)34-7-8-38(40(24-34)61-39-10-21-69-30-45(39)72-50-42(61)23-33-9-17-55-48(33)57-50)49(63)58-73(67,68)36-25-41(62(65)66)47-44(26-36)71-31-46(56-47)53(54)13-11-51(2,64)12-14-53/h3-9,17,23-26,35,39,43,45-46,56,64H,10-16,18-22,27-31H2,1-2H3,(H,55,57)(H,58,63)/t39-,43-,45-,46+,51?,53?/m0/s1. The molecule has 2 saturated carbocycles. The molecule has 5 fully saturated rings. The number of H-pyrrole nitrogens is 1. The molecule has 4 N–H and O–H groups in total. The van der Waals surface area contributed by atoms with Gasteiger partial charge in [0.1, 0.15) is 29.7 Å². The van der Waals surface area contributed by atoms with E-state index in [9.17, 15) is 28.4 Å². The van der Waals surface area contributed by atoms with Gasteiger partial charge in [-0.15, -0.1) is 0 Å². The molecule has 4 atom stereocenters. The quantitative estimate of drug-likeness (QED) is 0.0826. The minimum atomic E-state index is -4.80. The maximum absolute atomic E-state index is 16.3. The Morgan fingerprint density at radius 1 is 0.945 bits per heavy atom. The Labute approximate surface area is 422 Å². The molecule has 7 heterocycles. The number of aromatic amines is 1. The lowest BCUT2D eigenvalue weighted by Gasteiger charge is -2.57. The van der Waals surface area contributed by atoms with Gasteiger partial charge in [-0.2, -0.15) is 4.98 Å². The van der Waals surface area contributed by atoms with Crippen LogP contribution in [0.4, 0.5) is 32.8 Å². The van der Waals surface area contributed by atoms with Crippen molar-refractivity contribution < 1.29 is 46.6 Å². The summed E-state index contributed by atoms with van der Waals surface area (Å²) in [6.45, 7) is 8.22. The van der Waals surface area contributed by atoms with E-state index in [1.807, 2.05) is 29.2 Å². The lowest BCUT2D eigenvalue weighted by atomic mass is 9.59. The van der Waals surface area contributed by atoms with Gasteiger partial charge in [-0.25, -0.2) is 17.5 Å². The first-order chi connectivity index (χ1) is 35.1. The summed E-state index contributed by atoms with van der Waals surface area (Å²) in [5.74, 6) is -0.782. The van der Waals surface area contributed by atoms with Gasteiger partial charge >= 0.3 is 0 Å². The van der Waals surface area contributed by atoms with Gasteiger partial charge in [0.15, 0.2) is 11.4 Å². The molecule has 1 amide bonds. The van der Waals surface area contributed by atoms with E-state index in [0.29, 0.717) is 48.6 Å². The zero-order valence-corrected chi connectivity index (χ0v) is 41.8. The molecular formula is C53H61FN8O10S. The Bertz CT molecular complexity index is 3090. The van der Waals surface area contributed by atoms with E-state index in [1.165, 1.54) is 11.1 Å². The normalized spacial score (nSPS) is 28.2. The average Bonchev–Trinajstić information content (AvgIpc) is 3.84. The molecule has 2 aromatic heterocycles. The van der Waals surface area contributed by atoms with Gasteiger partial charge in [0.2, 0.25) is 5.88 Å².